The normalized spacial score (nSPS) is 18.3. The minimum atomic E-state index is -2.33. The second kappa shape index (κ2) is 20.3. The van der Waals surface area contributed by atoms with Crippen molar-refractivity contribution >= 4 is 0 Å². The monoisotopic (exact) mass is 934 g/mol. The van der Waals surface area contributed by atoms with Crippen molar-refractivity contribution in [1.82, 2.24) is 15.0 Å². The molecule has 3 heterocycles. The molecule has 3 heteroatoms. The summed E-state index contributed by atoms with van der Waals surface area (Å²) >= 11 is 0. The van der Waals surface area contributed by atoms with Gasteiger partial charge in [0.1, 0.15) is 0 Å². The summed E-state index contributed by atoms with van der Waals surface area (Å²) in [6, 6.07) is 57.4. The molecule has 0 spiro atoms. The van der Waals surface area contributed by atoms with Crippen LogP contribution in [0.2, 0.25) is 0 Å². The van der Waals surface area contributed by atoms with Crippen LogP contribution in [0.5, 0.6) is 0 Å². The van der Waals surface area contributed by atoms with E-state index in [1.807, 2.05) is 48.8 Å². The second-order valence-electron chi connectivity index (χ2n) is 22.1. The lowest BCUT2D eigenvalue weighted by molar-refractivity contribution is 0.431. The highest BCUT2D eigenvalue weighted by molar-refractivity contribution is 5.73. The number of rotatable bonds is 14. The average molecular weight is 934 g/mol. The van der Waals surface area contributed by atoms with Crippen molar-refractivity contribution < 1.29 is 5.48 Å². The van der Waals surface area contributed by atoms with E-state index in [-0.39, 0.29) is 21.8 Å². The SMILES string of the molecule is [2H]C([2H])([2H])c1cnc(-c2ccc(C(C)(C)Cc3cc(CC4(c5ccc(-c6ccccn6)cc5)CCCC4)cc(CC4(c5ccc(-c6ccccn6)cc5)CCCC4)c3)cc2)cc1-c1cccc(C2([2H])CCCCC2)c1. The number of aryl methyl sites for hydroxylation is 1. The van der Waals surface area contributed by atoms with Gasteiger partial charge in [-0.05, 0) is 173 Å². The van der Waals surface area contributed by atoms with Crippen LogP contribution in [0.15, 0.2) is 176 Å². The van der Waals surface area contributed by atoms with Gasteiger partial charge in [-0.15, -0.1) is 0 Å². The van der Waals surface area contributed by atoms with E-state index < -0.39 is 12.7 Å². The predicted octanol–water partition coefficient (Wildman–Crippen LogP) is 17.5. The highest BCUT2D eigenvalue weighted by atomic mass is 14.7. The molecule has 3 aliphatic rings. The average Bonchev–Trinajstić information content (AvgIpc) is 4.13. The summed E-state index contributed by atoms with van der Waals surface area (Å²) in [5, 5.41) is 0. The van der Waals surface area contributed by atoms with Crippen molar-refractivity contribution in [2.45, 2.75) is 146 Å². The largest absolute Gasteiger partial charge is 0.256 e. The first kappa shape index (κ1) is 42.3. The van der Waals surface area contributed by atoms with Gasteiger partial charge >= 0.3 is 0 Å². The maximum absolute atomic E-state index is 9.34. The van der Waals surface area contributed by atoms with Crippen molar-refractivity contribution in [2.24, 2.45) is 0 Å². The highest BCUT2D eigenvalue weighted by Crippen LogP contribution is 2.47. The zero-order chi connectivity index (χ0) is 51.7. The third-order valence-electron chi connectivity index (χ3n) is 16.8. The number of nitrogens with zero attached hydrogens (tertiary/aromatic N) is 3. The zero-order valence-electron chi connectivity index (χ0n) is 45.9. The summed E-state index contributed by atoms with van der Waals surface area (Å²) in [4.78, 5) is 14.1. The molecule has 0 bridgehead atoms. The van der Waals surface area contributed by atoms with Gasteiger partial charge in [0.2, 0.25) is 0 Å². The fourth-order valence-corrected chi connectivity index (χ4v) is 13.0. The molecule has 11 rings (SSSR count). The van der Waals surface area contributed by atoms with Gasteiger partial charge in [-0.25, -0.2) is 0 Å². The Balaban J connectivity index is 0.910. The van der Waals surface area contributed by atoms with E-state index in [2.05, 4.69) is 145 Å². The molecule has 3 fully saturated rings. The van der Waals surface area contributed by atoms with Gasteiger partial charge in [-0.3, -0.25) is 15.0 Å². The molecule has 0 aliphatic heterocycles. The Morgan fingerprint density at radius 2 is 1.04 bits per heavy atom. The molecule has 0 unspecified atom stereocenters. The first-order valence-electron chi connectivity index (χ1n) is 28.6. The molecule has 0 saturated heterocycles. The Morgan fingerprint density at radius 1 is 0.507 bits per heavy atom. The van der Waals surface area contributed by atoms with Gasteiger partial charge in [0.05, 0.1) is 17.1 Å². The summed E-state index contributed by atoms with van der Waals surface area (Å²) in [6.07, 6.45) is 22.9. The van der Waals surface area contributed by atoms with Crippen LogP contribution < -0.4 is 0 Å². The molecule has 0 radical (unpaired) electrons. The molecule has 5 aromatic carbocycles. The third kappa shape index (κ3) is 10.2. The minimum Gasteiger partial charge on any atom is -0.256 e. The number of hydrogen-bond donors (Lipinski definition) is 0. The van der Waals surface area contributed by atoms with Crippen LogP contribution >= 0.6 is 0 Å². The topological polar surface area (TPSA) is 38.7 Å². The molecule has 3 nitrogen and oxygen atoms in total. The lowest BCUT2D eigenvalue weighted by Crippen LogP contribution is -2.27. The maximum Gasteiger partial charge on any atom is 0.0708 e. The minimum absolute atomic E-state index is 0.0772. The summed E-state index contributed by atoms with van der Waals surface area (Å²) in [5.41, 5.74) is 17.1. The van der Waals surface area contributed by atoms with Crippen molar-refractivity contribution in [3.63, 3.8) is 0 Å². The summed E-state index contributed by atoms with van der Waals surface area (Å²) < 4.78 is 34.8. The fourth-order valence-electron chi connectivity index (χ4n) is 13.0. The second-order valence-corrected chi connectivity index (χ2v) is 22.1. The summed E-state index contributed by atoms with van der Waals surface area (Å²) in [5.74, 6) is -0.645. The Bertz CT molecular complexity index is 3090. The molecular formula is C68H71N3. The molecule has 71 heavy (non-hydrogen) atoms. The number of aromatic nitrogens is 3. The van der Waals surface area contributed by atoms with E-state index in [0.717, 1.165) is 96.3 Å². The first-order chi connectivity index (χ1) is 36.3. The van der Waals surface area contributed by atoms with Crippen LogP contribution in [0, 0.1) is 6.85 Å². The van der Waals surface area contributed by atoms with E-state index in [1.54, 1.807) is 6.20 Å². The van der Waals surface area contributed by atoms with Crippen LogP contribution in [0.25, 0.3) is 44.9 Å². The lowest BCUT2D eigenvalue weighted by atomic mass is 9.71. The Morgan fingerprint density at radius 3 is 1.58 bits per heavy atom. The smallest absolute Gasteiger partial charge is 0.0708 e. The third-order valence-corrected chi connectivity index (χ3v) is 16.8. The molecule has 3 saturated carbocycles. The molecule has 0 atom stereocenters. The van der Waals surface area contributed by atoms with Gasteiger partial charge in [-0.2, -0.15) is 0 Å². The van der Waals surface area contributed by atoms with Gasteiger partial charge in [0.15, 0.2) is 0 Å². The van der Waals surface area contributed by atoms with Crippen LogP contribution in [0.3, 0.4) is 0 Å². The summed E-state index contributed by atoms with van der Waals surface area (Å²) in [6.45, 7) is 2.41. The van der Waals surface area contributed by atoms with E-state index >= 15 is 0 Å². The van der Waals surface area contributed by atoms with E-state index in [4.69, 9.17) is 9.10 Å². The molecule has 0 N–H and O–H groups in total. The van der Waals surface area contributed by atoms with E-state index in [0.29, 0.717) is 5.56 Å². The van der Waals surface area contributed by atoms with Crippen molar-refractivity contribution in [3.05, 3.63) is 221 Å². The quantitative estimate of drug-likeness (QED) is 0.109. The van der Waals surface area contributed by atoms with E-state index in [9.17, 15) is 1.37 Å². The van der Waals surface area contributed by atoms with Gasteiger partial charge in [0, 0.05) is 40.8 Å². The van der Waals surface area contributed by atoms with Gasteiger partial charge in [-0.1, -0.05) is 186 Å². The van der Waals surface area contributed by atoms with Crippen LogP contribution in [0.4, 0.5) is 0 Å². The fraction of sp³-hybridized carbons (Fsp3) is 0.338. The zero-order valence-corrected chi connectivity index (χ0v) is 41.9. The van der Waals surface area contributed by atoms with Crippen LogP contribution in [-0.4, -0.2) is 15.0 Å². The number of pyridine rings is 3. The predicted molar refractivity (Wildman–Crippen MR) is 296 cm³/mol. The van der Waals surface area contributed by atoms with Crippen molar-refractivity contribution in [1.29, 1.82) is 0 Å². The Labute approximate surface area is 429 Å². The standard InChI is InChI=1S/C68H71N3/c1-49-48-71-65(44-62(49)58-19-15-18-57(43-58)53-16-5-4-6-17-53)56-22-28-59(29-23-56)66(2,3)45-50-40-51(46-67(34-9-10-35-67)60-30-24-54(25-31-60)63-20-7-13-38-69-63)42-52(41-50)47-68(36-11-12-37-68)61-32-26-55(27-33-61)64-21-8-14-39-70-64/h7-8,13-15,18-33,38-44,48,53H,4-6,9-12,16-17,34-37,45-47H2,1-3H3/i1D3,53D. The maximum atomic E-state index is 9.34. The molecule has 358 valence electrons. The highest BCUT2D eigenvalue weighted by Gasteiger charge is 2.38. The van der Waals surface area contributed by atoms with Gasteiger partial charge < -0.3 is 0 Å². The molecule has 3 aromatic heterocycles. The molecular weight excluding hydrogens is 859 g/mol. The Hall–Kier alpha value is -6.45. The van der Waals surface area contributed by atoms with E-state index in [1.165, 1.54) is 84.7 Å². The van der Waals surface area contributed by atoms with Crippen LogP contribution in [-0.2, 0) is 35.5 Å². The van der Waals surface area contributed by atoms with Crippen molar-refractivity contribution in [3.8, 4) is 44.9 Å². The molecule has 8 aromatic rings. The lowest BCUT2D eigenvalue weighted by Gasteiger charge is -2.33. The first-order valence-corrected chi connectivity index (χ1v) is 26.6. The molecule has 3 aliphatic carbocycles. The van der Waals surface area contributed by atoms with Crippen LogP contribution in [0.1, 0.15) is 153 Å². The van der Waals surface area contributed by atoms with Gasteiger partial charge in [0.25, 0.3) is 0 Å². The Kier molecular flexibility index (Phi) is 12.1. The summed E-state index contributed by atoms with van der Waals surface area (Å²) in [7, 11) is 0. The molecule has 0 amide bonds. The number of hydrogen-bond acceptors (Lipinski definition) is 3. The number of benzene rings is 5. The van der Waals surface area contributed by atoms with Crippen molar-refractivity contribution in [2.75, 3.05) is 0 Å².